The largest absolute Gasteiger partial charge is 0.494 e. The van der Waals surface area contributed by atoms with E-state index in [9.17, 15) is 0 Å². The topological polar surface area (TPSA) is 24.5 Å². The molecule has 0 aromatic heterocycles. The van der Waals surface area contributed by atoms with Crippen LogP contribution in [-0.4, -0.2) is 37.2 Å². The van der Waals surface area contributed by atoms with Crippen molar-refractivity contribution in [3.63, 3.8) is 0 Å². The maximum Gasteiger partial charge on any atom is 0.119 e. The van der Waals surface area contributed by atoms with Crippen LogP contribution < -0.4 is 10.1 Å². The summed E-state index contributed by atoms with van der Waals surface area (Å²) in [5.74, 6) is 1.76. The number of hydrogen-bond donors (Lipinski definition) is 1. The number of likely N-dealkylation sites (tertiary alicyclic amines) is 1. The normalized spacial score (nSPS) is 19.1. The maximum atomic E-state index is 5.68. The molecule has 0 aliphatic carbocycles. The lowest BCUT2D eigenvalue weighted by Crippen LogP contribution is -2.43. The highest BCUT2D eigenvalue weighted by Gasteiger charge is 2.24. The van der Waals surface area contributed by atoms with Crippen molar-refractivity contribution >= 4 is 46.4 Å². The summed E-state index contributed by atoms with van der Waals surface area (Å²) in [6.07, 6.45) is 6.16. The van der Waals surface area contributed by atoms with Crippen molar-refractivity contribution in [2.24, 2.45) is 5.92 Å². The number of piperidine rings is 1. The Kier molecular flexibility index (Phi) is 10.3. The fourth-order valence-electron chi connectivity index (χ4n) is 4.60. The highest BCUT2D eigenvalue weighted by Crippen LogP contribution is 2.30. The van der Waals surface area contributed by atoms with Crippen molar-refractivity contribution in [2.45, 2.75) is 45.1 Å². The molecular weight excluding hydrogens is 483 g/mol. The Morgan fingerprint density at radius 3 is 2.60 bits per heavy atom. The number of fused-ring (bicyclic) bond motifs is 1. The molecule has 6 heteroatoms. The van der Waals surface area contributed by atoms with Gasteiger partial charge in [-0.2, -0.15) is 0 Å². The van der Waals surface area contributed by atoms with Gasteiger partial charge in [-0.25, -0.2) is 0 Å². The van der Waals surface area contributed by atoms with E-state index in [0.29, 0.717) is 6.04 Å². The van der Waals surface area contributed by atoms with E-state index >= 15 is 0 Å². The molecular formula is C24H33BrCl2N2O. The fourth-order valence-corrected chi connectivity index (χ4v) is 5.01. The van der Waals surface area contributed by atoms with E-state index in [1.54, 1.807) is 0 Å². The zero-order valence-electron chi connectivity index (χ0n) is 17.6. The zero-order chi connectivity index (χ0) is 19.3. The molecule has 2 heterocycles. The zero-order valence-corrected chi connectivity index (χ0v) is 20.8. The van der Waals surface area contributed by atoms with Crippen LogP contribution in [0.25, 0.3) is 0 Å². The SMILES string of the molecule is CCOc1ccc(Br)c(CC2CCN(CC3CCc4ccccc4N3)CC2)c1.Cl.Cl. The van der Waals surface area contributed by atoms with Crippen molar-refractivity contribution in [3.05, 3.63) is 58.1 Å². The Bertz CT molecular complexity index is 797. The van der Waals surface area contributed by atoms with Gasteiger partial charge in [0.1, 0.15) is 5.75 Å². The molecule has 2 aromatic rings. The number of aryl methyl sites for hydroxylation is 1. The van der Waals surface area contributed by atoms with Gasteiger partial charge in [-0.15, -0.1) is 24.8 Å². The lowest BCUT2D eigenvalue weighted by Gasteiger charge is -2.36. The number of halogens is 3. The maximum absolute atomic E-state index is 5.68. The Labute approximate surface area is 201 Å². The van der Waals surface area contributed by atoms with Crippen LogP contribution in [-0.2, 0) is 12.8 Å². The lowest BCUT2D eigenvalue weighted by molar-refractivity contribution is 0.175. The van der Waals surface area contributed by atoms with Crippen LogP contribution in [0.3, 0.4) is 0 Å². The molecule has 1 atom stereocenters. The summed E-state index contributed by atoms with van der Waals surface area (Å²) in [4.78, 5) is 2.66. The van der Waals surface area contributed by atoms with Gasteiger partial charge in [0, 0.05) is 22.7 Å². The third-order valence-electron chi connectivity index (χ3n) is 6.16. The van der Waals surface area contributed by atoms with Crippen LogP contribution in [0, 0.1) is 5.92 Å². The van der Waals surface area contributed by atoms with Crippen LogP contribution in [0.2, 0.25) is 0 Å². The lowest BCUT2D eigenvalue weighted by atomic mass is 9.89. The predicted octanol–water partition coefficient (Wildman–Crippen LogP) is 6.37. The average Bonchev–Trinajstić information content (AvgIpc) is 2.72. The first kappa shape index (κ1) is 25.3. The van der Waals surface area contributed by atoms with E-state index in [4.69, 9.17) is 4.74 Å². The van der Waals surface area contributed by atoms with Crippen molar-refractivity contribution < 1.29 is 4.74 Å². The molecule has 1 unspecified atom stereocenters. The van der Waals surface area contributed by atoms with Gasteiger partial charge in [-0.05, 0) is 93.4 Å². The third-order valence-corrected chi connectivity index (χ3v) is 6.94. The minimum atomic E-state index is 0. The number of nitrogens with one attached hydrogen (secondary N) is 1. The minimum Gasteiger partial charge on any atom is -0.494 e. The van der Waals surface area contributed by atoms with E-state index in [2.05, 4.69) is 68.6 Å². The first-order chi connectivity index (χ1) is 13.7. The quantitative estimate of drug-likeness (QED) is 0.483. The second kappa shape index (κ2) is 12.2. The Morgan fingerprint density at radius 1 is 1.07 bits per heavy atom. The van der Waals surface area contributed by atoms with Crippen molar-refractivity contribution in [1.82, 2.24) is 4.90 Å². The van der Waals surface area contributed by atoms with E-state index in [-0.39, 0.29) is 24.8 Å². The van der Waals surface area contributed by atoms with Crippen LogP contribution in [0.5, 0.6) is 5.75 Å². The number of hydrogen-bond acceptors (Lipinski definition) is 3. The Balaban J connectivity index is 0.00000160. The number of para-hydroxylation sites is 1. The summed E-state index contributed by atoms with van der Waals surface area (Å²) in [6, 6.07) is 15.7. The summed E-state index contributed by atoms with van der Waals surface area (Å²) in [5.41, 5.74) is 4.19. The third kappa shape index (κ3) is 6.53. The molecule has 0 amide bonds. The Morgan fingerprint density at radius 2 is 1.83 bits per heavy atom. The van der Waals surface area contributed by atoms with Crippen molar-refractivity contribution in [3.8, 4) is 5.75 Å². The standard InChI is InChI=1S/C24H31BrN2O.2ClH/c1-2-28-22-9-10-23(25)20(16-22)15-18-11-13-27(14-12-18)17-21-8-7-19-5-3-4-6-24(19)26-21;;/h3-6,9-10,16,18,21,26H,2,7-8,11-15,17H2,1H3;2*1H. The second-order valence-corrected chi connectivity index (χ2v) is 9.03. The number of nitrogens with zero attached hydrogens (tertiary/aromatic N) is 1. The van der Waals surface area contributed by atoms with Gasteiger partial charge in [0.2, 0.25) is 0 Å². The molecule has 1 fully saturated rings. The van der Waals surface area contributed by atoms with Crippen molar-refractivity contribution in [1.29, 1.82) is 0 Å². The number of ether oxygens (including phenoxy) is 1. The summed E-state index contributed by atoms with van der Waals surface area (Å²) in [6.45, 7) is 6.36. The first-order valence-electron chi connectivity index (χ1n) is 10.7. The molecule has 0 saturated carbocycles. The molecule has 2 aliphatic rings. The monoisotopic (exact) mass is 514 g/mol. The molecule has 0 spiro atoms. The van der Waals surface area contributed by atoms with E-state index in [1.807, 2.05) is 6.92 Å². The Hall–Kier alpha value is -0.940. The van der Waals surface area contributed by atoms with Crippen LogP contribution in [0.1, 0.15) is 37.3 Å². The molecule has 4 rings (SSSR count). The molecule has 2 aliphatic heterocycles. The average molecular weight is 516 g/mol. The fraction of sp³-hybridized carbons (Fsp3) is 0.500. The second-order valence-electron chi connectivity index (χ2n) is 8.17. The molecule has 166 valence electrons. The van der Waals surface area contributed by atoms with Crippen molar-refractivity contribution in [2.75, 3.05) is 31.6 Å². The van der Waals surface area contributed by atoms with E-state index < -0.39 is 0 Å². The van der Waals surface area contributed by atoms with Gasteiger partial charge < -0.3 is 15.0 Å². The highest BCUT2D eigenvalue weighted by molar-refractivity contribution is 9.10. The van der Waals surface area contributed by atoms with Gasteiger partial charge in [0.15, 0.2) is 0 Å². The molecule has 0 bridgehead atoms. The number of rotatable bonds is 6. The molecule has 0 radical (unpaired) electrons. The predicted molar refractivity (Wildman–Crippen MR) is 135 cm³/mol. The van der Waals surface area contributed by atoms with Gasteiger partial charge >= 0.3 is 0 Å². The van der Waals surface area contributed by atoms with Gasteiger partial charge in [0.05, 0.1) is 6.61 Å². The van der Waals surface area contributed by atoms with Crippen LogP contribution >= 0.6 is 40.7 Å². The molecule has 2 aromatic carbocycles. The first-order valence-corrected chi connectivity index (χ1v) is 11.5. The summed E-state index contributed by atoms with van der Waals surface area (Å²) in [5, 5.41) is 3.76. The summed E-state index contributed by atoms with van der Waals surface area (Å²) >= 11 is 3.73. The molecule has 1 N–H and O–H groups in total. The molecule has 30 heavy (non-hydrogen) atoms. The van der Waals surface area contributed by atoms with E-state index in [1.165, 1.54) is 66.6 Å². The van der Waals surface area contributed by atoms with Crippen LogP contribution in [0.15, 0.2) is 46.9 Å². The summed E-state index contributed by atoms with van der Waals surface area (Å²) in [7, 11) is 0. The van der Waals surface area contributed by atoms with Gasteiger partial charge in [-0.1, -0.05) is 34.1 Å². The number of anilines is 1. The minimum absolute atomic E-state index is 0. The molecule has 3 nitrogen and oxygen atoms in total. The van der Waals surface area contributed by atoms with Gasteiger partial charge in [-0.3, -0.25) is 0 Å². The molecule has 1 saturated heterocycles. The smallest absolute Gasteiger partial charge is 0.119 e. The van der Waals surface area contributed by atoms with E-state index in [0.717, 1.165) is 24.7 Å². The number of benzene rings is 2. The van der Waals surface area contributed by atoms with Crippen LogP contribution in [0.4, 0.5) is 5.69 Å². The summed E-state index contributed by atoms with van der Waals surface area (Å²) < 4.78 is 6.89. The van der Waals surface area contributed by atoms with Gasteiger partial charge in [0.25, 0.3) is 0 Å². The highest BCUT2D eigenvalue weighted by atomic mass is 79.9.